The summed E-state index contributed by atoms with van der Waals surface area (Å²) in [6.07, 6.45) is 6.18. The lowest BCUT2D eigenvalue weighted by molar-refractivity contribution is 0.660. The standard InChI is InChI=1S/C57H39N3O/c1-57(2)46-21-11-9-20-42(46)55-47(57)22-13-26-52(55)60-50-25-12-10-19-41(50)43-33-38(27-30-51(43)60)39-28-31-53-44(34-39)45-35-40(29-32-54(45)61-53)49-24-14-23-48(36-15-5-3-6-16-36)58-56(59-49)37-17-7-4-8-18-37/h3-35H,1-2H3/b23-14+,24-14?,48-23?,49-24?,58-48?,58-56?,59-49?,59-56?. The van der Waals surface area contributed by atoms with Crippen molar-refractivity contribution in [3.8, 4) is 27.9 Å². The van der Waals surface area contributed by atoms with Gasteiger partial charge in [-0.05, 0) is 94.6 Å². The Morgan fingerprint density at radius 2 is 1.10 bits per heavy atom. The Labute approximate surface area is 353 Å². The smallest absolute Gasteiger partial charge is 0.160 e. The predicted molar refractivity (Wildman–Crippen MR) is 254 cm³/mol. The largest absolute Gasteiger partial charge is 0.456 e. The van der Waals surface area contributed by atoms with Crippen LogP contribution in [0.25, 0.3) is 77.4 Å². The van der Waals surface area contributed by atoms with Gasteiger partial charge in [-0.15, -0.1) is 0 Å². The number of amidine groups is 1. The van der Waals surface area contributed by atoms with Gasteiger partial charge in [0, 0.05) is 49.2 Å². The molecule has 0 radical (unpaired) electrons. The molecule has 0 bridgehead atoms. The maximum absolute atomic E-state index is 6.45. The van der Waals surface area contributed by atoms with Crippen LogP contribution in [0.3, 0.4) is 0 Å². The molecule has 0 fully saturated rings. The fourth-order valence-electron chi connectivity index (χ4n) is 9.65. The summed E-state index contributed by atoms with van der Waals surface area (Å²) in [5.74, 6) is 0.663. The zero-order valence-corrected chi connectivity index (χ0v) is 33.8. The molecule has 61 heavy (non-hydrogen) atoms. The number of aliphatic imine (C=N–C) groups is 2. The Morgan fingerprint density at radius 3 is 1.90 bits per heavy atom. The van der Waals surface area contributed by atoms with E-state index in [0.717, 1.165) is 61.2 Å². The first kappa shape index (κ1) is 35.2. The van der Waals surface area contributed by atoms with Crippen molar-refractivity contribution in [3.63, 3.8) is 0 Å². The van der Waals surface area contributed by atoms with Crippen molar-refractivity contribution in [3.05, 3.63) is 228 Å². The third-order valence-corrected chi connectivity index (χ3v) is 12.7. The average molecular weight is 782 g/mol. The molecule has 2 aromatic heterocycles. The minimum absolute atomic E-state index is 0.0763. The molecule has 0 N–H and O–H groups in total. The molecule has 8 aromatic carbocycles. The number of nitrogens with zero attached hydrogens (tertiary/aromatic N) is 3. The fourth-order valence-corrected chi connectivity index (χ4v) is 9.65. The highest BCUT2D eigenvalue weighted by Gasteiger charge is 2.37. The van der Waals surface area contributed by atoms with Crippen molar-refractivity contribution in [2.45, 2.75) is 19.3 Å². The summed E-state index contributed by atoms with van der Waals surface area (Å²) in [5, 5.41) is 4.57. The third kappa shape index (κ3) is 5.60. The fraction of sp³-hybridized carbons (Fsp3) is 0.0526. The van der Waals surface area contributed by atoms with E-state index < -0.39 is 0 Å². The van der Waals surface area contributed by atoms with Gasteiger partial charge in [-0.25, -0.2) is 9.98 Å². The second kappa shape index (κ2) is 13.6. The summed E-state index contributed by atoms with van der Waals surface area (Å²) >= 11 is 0. The first-order valence-corrected chi connectivity index (χ1v) is 20.9. The summed E-state index contributed by atoms with van der Waals surface area (Å²) < 4.78 is 8.92. The van der Waals surface area contributed by atoms with Crippen molar-refractivity contribution in [1.29, 1.82) is 0 Å². The second-order valence-corrected chi connectivity index (χ2v) is 16.6. The van der Waals surface area contributed by atoms with Crippen LogP contribution in [0.2, 0.25) is 0 Å². The molecule has 12 rings (SSSR count). The topological polar surface area (TPSA) is 42.8 Å². The van der Waals surface area contributed by atoms with Gasteiger partial charge in [0.05, 0.1) is 28.1 Å². The number of hydrogen-bond donors (Lipinski definition) is 0. The second-order valence-electron chi connectivity index (χ2n) is 16.6. The highest BCUT2D eigenvalue weighted by atomic mass is 16.3. The quantitative estimate of drug-likeness (QED) is 0.171. The summed E-state index contributed by atoms with van der Waals surface area (Å²) in [7, 11) is 0. The number of fused-ring (bicyclic) bond motifs is 9. The van der Waals surface area contributed by atoms with E-state index in [1.807, 2.05) is 42.5 Å². The Hall–Kier alpha value is -7.82. The summed E-state index contributed by atoms with van der Waals surface area (Å²) in [4.78, 5) is 10.3. The highest BCUT2D eigenvalue weighted by Crippen LogP contribution is 2.51. The van der Waals surface area contributed by atoms with E-state index in [1.54, 1.807) is 0 Å². The number of benzene rings is 8. The summed E-state index contributed by atoms with van der Waals surface area (Å²) in [6, 6.07) is 64.8. The molecule has 3 heterocycles. The molecule has 4 nitrogen and oxygen atoms in total. The van der Waals surface area contributed by atoms with Gasteiger partial charge in [0.25, 0.3) is 0 Å². The lowest BCUT2D eigenvalue weighted by atomic mass is 9.82. The maximum Gasteiger partial charge on any atom is 0.160 e. The zero-order valence-electron chi connectivity index (χ0n) is 33.8. The van der Waals surface area contributed by atoms with E-state index in [0.29, 0.717) is 5.84 Å². The molecule has 4 heteroatoms. The molecule has 1 aliphatic carbocycles. The number of allylic oxidation sites excluding steroid dienone is 3. The van der Waals surface area contributed by atoms with E-state index in [4.69, 9.17) is 14.4 Å². The van der Waals surface area contributed by atoms with E-state index in [2.05, 4.69) is 176 Å². The third-order valence-electron chi connectivity index (χ3n) is 12.7. The van der Waals surface area contributed by atoms with E-state index in [1.165, 1.54) is 49.7 Å². The molecule has 288 valence electrons. The van der Waals surface area contributed by atoms with Crippen LogP contribution in [0.5, 0.6) is 0 Å². The van der Waals surface area contributed by atoms with Gasteiger partial charge in [-0.1, -0.05) is 147 Å². The molecule has 1 aliphatic heterocycles. The molecular formula is C57H39N3O. The number of rotatable bonds is 5. The predicted octanol–water partition coefficient (Wildman–Crippen LogP) is 14.5. The molecule has 0 saturated carbocycles. The zero-order chi connectivity index (χ0) is 40.7. The van der Waals surface area contributed by atoms with Crippen molar-refractivity contribution >= 4 is 61.0 Å². The van der Waals surface area contributed by atoms with E-state index in [-0.39, 0.29) is 5.41 Å². The van der Waals surface area contributed by atoms with Crippen molar-refractivity contribution < 1.29 is 4.42 Å². The number of furan rings is 1. The van der Waals surface area contributed by atoms with Crippen LogP contribution in [0.1, 0.15) is 41.7 Å². The Bertz CT molecular complexity index is 3540. The van der Waals surface area contributed by atoms with Crippen molar-refractivity contribution in [1.82, 2.24) is 4.57 Å². The van der Waals surface area contributed by atoms with Gasteiger partial charge in [-0.2, -0.15) is 0 Å². The van der Waals surface area contributed by atoms with Crippen LogP contribution >= 0.6 is 0 Å². The molecule has 0 saturated heterocycles. The Kier molecular flexibility index (Phi) is 7.85. The first-order valence-electron chi connectivity index (χ1n) is 20.9. The van der Waals surface area contributed by atoms with Crippen LogP contribution in [-0.4, -0.2) is 16.1 Å². The molecule has 0 spiro atoms. The highest BCUT2D eigenvalue weighted by molar-refractivity contribution is 6.18. The number of para-hydroxylation sites is 1. The van der Waals surface area contributed by atoms with Crippen LogP contribution in [0.15, 0.2) is 215 Å². The van der Waals surface area contributed by atoms with Gasteiger partial charge in [0.1, 0.15) is 11.2 Å². The average Bonchev–Trinajstić information content (AvgIpc) is 3.91. The van der Waals surface area contributed by atoms with Crippen LogP contribution in [0.4, 0.5) is 0 Å². The number of aromatic nitrogens is 1. The minimum atomic E-state index is -0.0763. The summed E-state index contributed by atoms with van der Waals surface area (Å²) in [5.41, 5.74) is 17.6. The van der Waals surface area contributed by atoms with Crippen LogP contribution in [0, 0.1) is 0 Å². The molecule has 0 atom stereocenters. The van der Waals surface area contributed by atoms with Gasteiger partial charge in [-0.3, -0.25) is 0 Å². The van der Waals surface area contributed by atoms with Crippen LogP contribution < -0.4 is 0 Å². The summed E-state index contributed by atoms with van der Waals surface area (Å²) in [6.45, 7) is 4.69. The normalized spacial score (nSPS) is 15.0. The molecule has 0 unspecified atom stereocenters. The molecule has 2 aliphatic rings. The first-order chi connectivity index (χ1) is 30.0. The van der Waals surface area contributed by atoms with Gasteiger partial charge in [0.15, 0.2) is 5.84 Å². The lowest BCUT2D eigenvalue weighted by Gasteiger charge is -2.21. The van der Waals surface area contributed by atoms with E-state index >= 15 is 0 Å². The van der Waals surface area contributed by atoms with Crippen molar-refractivity contribution in [2.24, 2.45) is 9.98 Å². The molecule has 0 amide bonds. The number of hydrogen-bond acceptors (Lipinski definition) is 3. The van der Waals surface area contributed by atoms with Crippen molar-refractivity contribution in [2.75, 3.05) is 0 Å². The minimum Gasteiger partial charge on any atom is -0.456 e. The Morgan fingerprint density at radius 1 is 0.475 bits per heavy atom. The van der Waals surface area contributed by atoms with Gasteiger partial charge >= 0.3 is 0 Å². The SMILES string of the molecule is CC1(C)c2ccccc2-c2c(-n3c4ccccc4c4cc(-c5ccc6oc7ccc(C8=C/C=C/C(c9ccccc9)=NC(c9ccccc9)=N8)cc7c6c5)ccc43)cccc21. The monoisotopic (exact) mass is 781 g/mol. The van der Waals surface area contributed by atoms with E-state index in [9.17, 15) is 0 Å². The molecule has 10 aromatic rings. The molecular weight excluding hydrogens is 743 g/mol. The van der Waals surface area contributed by atoms with Gasteiger partial charge < -0.3 is 8.98 Å². The maximum atomic E-state index is 6.45. The lowest BCUT2D eigenvalue weighted by Crippen LogP contribution is -2.14. The van der Waals surface area contributed by atoms with Gasteiger partial charge in [0.2, 0.25) is 0 Å². The Balaban J connectivity index is 0.969. The van der Waals surface area contributed by atoms with Crippen LogP contribution in [-0.2, 0) is 5.41 Å².